The molecule has 28 heavy (non-hydrogen) atoms. The number of ether oxygens (including phenoxy) is 1. The van der Waals surface area contributed by atoms with Gasteiger partial charge in [0.2, 0.25) is 5.43 Å². The van der Waals surface area contributed by atoms with E-state index in [1.165, 1.54) is 0 Å². The van der Waals surface area contributed by atoms with E-state index in [0.29, 0.717) is 29.5 Å². The second-order valence-corrected chi connectivity index (χ2v) is 6.44. The van der Waals surface area contributed by atoms with Gasteiger partial charge in [0.25, 0.3) is 0 Å². The lowest BCUT2D eigenvalue weighted by Crippen LogP contribution is -2.21. The van der Waals surface area contributed by atoms with Crippen LogP contribution in [0.2, 0.25) is 0 Å². The molecular weight excluding hydrogens is 356 g/mol. The first-order chi connectivity index (χ1) is 13.6. The lowest BCUT2D eigenvalue weighted by Gasteiger charge is -2.11. The van der Waals surface area contributed by atoms with Crippen LogP contribution in [-0.4, -0.2) is 32.1 Å². The maximum atomic E-state index is 12.9. The minimum Gasteiger partial charge on any atom is -0.462 e. The van der Waals surface area contributed by atoms with Gasteiger partial charge in [-0.1, -0.05) is 35.5 Å². The van der Waals surface area contributed by atoms with Crippen LogP contribution in [0.15, 0.2) is 53.5 Å². The Hall–Kier alpha value is -3.48. The van der Waals surface area contributed by atoms with Crippen molar-refractivity contribution in [3.63, 3.8) is 0 Å². The fraction of sp³-hybridized carbons (Fsp3) is 0.238. The minimum atomic E-state index is -0.607. The lowest BCUT2D eigenvalue weighted by molar-refractivity contribution is 0.0524. The summed E-state index contributed by atoms with van der Waals surface area (Å²) in [5, 5.41) is 9.07. The molecule has 2 aromatic carbocycles. The molecular formula is C21H20N4O3. The molecule has 0 saturated carbocycles. The Morgan fingerprint density at radius 3 is 2.61 bits per heavy atom. The molecule has 0 fully saturated rings. The Morgan fingerprint density at radius 2 is 1.89 bits per heavy atom. The molecule has 0 spiro atoms. The Bertz CT molecular complexity index is 1230. The van der Waals surface area contributed by atoms with Crippen molar-refractivity contribution < 1.29 is 9.53 Å². The highest BCUT2D eigenvalue weighted by Crippen LogP contribution is 2.23. The molecule has 0 N–H and O–H groups in total. The van der Waals surface area contributed by atoms with Crippen molar-refractivity contribution in [2.75, 3.05) is 6.61 Å². The van der Waals surface area contributed by atoms with Crippen LogP contribution >= 0.6 is 0 Å². The van der Waals surface area contributed by atoms with E-state index in [9.17, 15) is 9.59 Å². The lowest BCUT2D eigenvalue weighted by atomic mass is 10.1. The van der Waals surface area contributed by atoms with E-state index < -0.39 is 5.97 Å². The Balaban J connectivity index is 1.92. The first-order valence-corrected chi connectivity index (χ1v) is 9.24. The first-order valence-electron chi connectivity index (χ1n) is 9.24. The second kappa shape index (κ2) is 7.26. The zero-order chi connectivity index (χ0) is 19.7. The highest BCUT2D eigenvalue weighted by molar-refractivity contribution is 6.04. The molecule has 0 aliphatic rings. The molecule has 0 radical (unpaired) electrons. The highest BCUT2D eigenvalue weighted by Gasteiger charge is 2.19. The van der Waals surface area contributed by atoms with Crippen LogP contribution in [0, 0.1) is 0 Å². The third kappa shape index (κ3) is 2.94. The summed E-state index contributed by atoms with van der Waals surface area (Å²) in [7, 11) is 0. The molecule has 0 amide bonds. The van der Waals surface area contributed by atoms with Crippen molar-refractivity contribution in [1.29, 1.82) is 0 Å². The summed E-state index contributed by atoms with van der Waals surface area (Å²) in [5.41, 5.74) is 2.95. The van der Waals surface area contributed by atoms with Crippen molar-refractivity contribution in [2.45, 2.75) is 26.9 Å². The van der Waals surface area contributed by atoms with Gasteiger partial charge in [-0.15, -0.1) is 5.10 Å². The number of pyridine rings is 1. The molecule has 0 unspecified atom stereocenters. The summed E-state index contributed by atoms with van der Waals surface area (Å²) in [6, 6.07) is 13.6. The number of hydrogen-bond donors (Lipinski definition) is 0. The number of carbonyl (C=O) groups excluding carboxylic acids is 1. The van der Waals surface area contributed by atoms with E-state index in [2.05, 4.69) is 10.3 Å². The summed E-state index contributed by atoms with van der Waals surface area (Å²) < 4.78 is 8.70. The van der Waals surface area contributed by atoms with Gasteiger partial charge in [-0.3, -0.25) is 4.79 Å². The average molecular weight is 376 g/mol. The Morgan fingerprint density at radius 1 is 1.11 bits per heavy atom. The molecule has 4 rings (SSSR count). The third-order valence-electron chi connectivity index (χ3n) is 4.73. The fourth-order valence-corrected chi connectivity index (χ4v) is 3.40. The number of rotatable bonds is 5. The minimum absolute atomic E-state index is 0.0345. The van der Waals surface area contributed by atoms with Crippen molar-refractivity contribution in [3.8, 4) is 0 Å². The predicted octanol–water partition coefficient (Wildman–Crippen LogP) is 2.99. The molecule has 7 nitrogen and oxygen atoms in total. The monoisotopic (exact) mass is 376 g/mol. The van der Waals surface area contributed by atoms with Gasteiger partial charge in [-0.2, -0.15) is 0 Å². The summed E-state index contributed by atoms with van der Waals surface area (Å²) >= 11 is 0. The molecule has 0 aliphatic carbocycles. The average Bonchev–Trinajstić information content (AvgIpc) is 3.12. The van der Waals surface area contributed by atoms with Gasteiger partial charge >= 0.3 is 5.97 Å². The summed E-state index contributed by atoms with van der Waals surface area (Å²) in [6.45, 7) is 5.04. The number of fused-ring (bicyclic) bond motifs is 3. The van der Waals surface area contributed by atoms with Gasteiger partial charge < -0.3 is 9.30 Å². The van der Waals surface area contributed by atoms with E-state index in [1.54, 1.807) is 19.2 Å². The number of nitrogens with zero attached hydrogens (tertiary/aromatic N) is 4. The number of esters is 1. The number of carbonyl (C=O) groups is 1. The molecule has 0 aliphatic heterocycles. The predicted molar refractivity (Wildman–Crippen MR) is 106 cm³/mol. The SMILES string of the molecule is CCOC(=O)c1cn(CC)c2c(ccc3c2nnn3Cc2ccccc2)c1=O. The molecule has 2 heterocycles. The number of aryl methyl sites for hydroxylation is 1. The van der Waals surface area contributed by atoms with Gasteiger partial charge in [-0.05, 0) is 31.5 Å². The van der Waals surface area contributed by atoms with Crippen LogP contribution in [0.5, 0.6) is 0 Å². The molecule has 7 heteroatoms. The van der Waals surface area contributed by atoms with Crippen molar-refractivity contribution >= 4 is 27.9 Å². The standard InChI is InChI=1S/C21H20N4O3/c1-3-24-13-16(21(27)28-4-2)20(26)15-10-11-17-18(19(15)24)22-23-25(17)12-14-8-6-5-7-9-14/h5-11,13H,3-4,12H2,1-2H3. The van der Waals surface area contributed by atoms with E-state index in [-0.39, 0.29) is 17.6 Å². The van der Waals surface area contributed by atoms with Crippen LogP contribution in [-0.2, 0) is 17.8 Å². The molecule has 0 bridgehead atoms. The van der Waals surface area contributed by atoms with E-state index in [0.717, 1.165) is 11.1 Å². The molecule has 4 aromatic rings. The second-order valence-electron chi connectivity index (χ2n) is 6.44. The molecule has 2 aromatic heterocycles. The van der Waals surface area contributed by atoms with Crippen molar-refractivity contribution in [2.24, 2.45) is 0 Å². The summed E-state index contributed by atoms with van der Waals surface area (Å²) in [6.07, 6.45) is 1.55. The Kier molecular flexibility index (Phi) is 4.65. The highest BCUT2D eigenvalue weighted by atomic mass is 16.5. The van der Waals surface area contributed by atoms with E-state index in [4.69, 9.17) is 4.74 Å². The van der Waals surface area contributed by atoms with Crippen molar-refractivity contribution in [1.82, 2.24) is 19.6 Å². The quantitative estimate of drug-likeness (QED) is 0.500. The first kappa shape index (κ1) is 17.9. The van der Waals surface area contributed by atoms with Crippen molar-refractivity contribution in [3.05, 3.63) is 70.0 Å². The smallest absolute Gasteiger partial charge is 0.343 e. The fourth-order valence-electron chi connectivity index (χ4n) is 3.40. The van der Waals surface area contributed by atoms with Gasteiger partial charge in [0.1, 0.15) is 11.1 Å². The van der Waals surface area contributed by atoms with Crippen LogP contribution < -0.4 is 5.43 Å². The van der Waals surface area contributed by atoms with Gasteiger partial charge in [0, 0.05) is 18.1 Å². The van der Waals surface area contributed by atoms with Crippen LogP contribution in [0.25, 0.3) is 21.9 Å². The normalized spacial score (nSPS) is 11.2. The number of hydrogen-bond acceptors (Lipinski definition) is 5. The van der Waals surface area contributed by atoms with E-state index in [1.807, 2.05) is 52.6 Å². The van der Waals surface area contributed by atoms with Gasteiger partial charge in [0.15, 0.2) is 0 Å². The van der Waals surface area contributed by atoms with Crippen LogP contribution in [0.3, 0.4) is 0 Å². The number of benzene rings is 2. The summed E-state index contributed by atoms with van der Waals surface area (Å²) in [5.74, 6) is -0.607. The van der Waals surface area contributed by atoms with Gasteiger partial charge in [0.05, 0.1) is 24.2 Å². The van der Waals surface area contributed by atoms with E-state index >= 15 is 0 Å². The van der Waals surface area contributed by atoms with Gasteiger partial charge in [-0.25, -0.2) is 9.48 Å². The molecule has 142 valence electrons. The maximum absolute atomic E-state index is 12.9. The summed E-state index contributed by atoms with van der Waals surface area (Å²) in [4.78, 5) is 25.1. The topological polar surface area (TPSA) is 79.0 Å². The number of aromatic nitrogens is 4. The third-order valence-corrected chi connectivity index (χ3v) is 4.73. The van der Waals surface area contributed by atoms with Crippen LogP contribution in [0.1, 0.15) is 29.8 Å². The molecule has 0 saturated heterocycles. The molecule has 0 atom stereocenters. The zero-order valence-corrected chi connectivity index (χ0v) is 15.8. The maximum Gasteiger partial charge on any atom is 0.343 e. The van der Waals surface area contributed by atoms with Crippen LogP contribution in [0.4, 0.5) is 0 Å². The Labute approximate surface area is 161 Å². The largest absolute Gasteiger partial charge is 0.462 e. The zero-order valence-electron chi connectivity index (χ0n) is 15.8.